The molecule has 1 aliphatic rings. The number of hydrogen-bond donors (Lipinski definition) is 0. The maximum atomic E-state index is 13.3. The predicted octanol–water partition coefficient (Wildman–Crippen LogP) is 3.06. The minimum atomic E-state index is -0.0328. The molecule has 1 aliphatic heterocycles. The summed E-state index contributed by atoms with van der Waals surface area (Å²) in [4.78, 5) is 26.7. The quantitative estimate of drug-likeness (QED) is 0.680. The molecule has 1 amide bonds. The summed E-state index contributed by atoms with van der Waals surface area (Å²) in [5.41, 5.74) is 2.41. The highest BCUT2D eigenvalue weighted by atomic mass is 16.5. The first-order valence-corrected chi connectivity index (χ1v) is 9.60. The SMILES string of the molecule is COc1ccc(CC(=O)N2CCCN(C)c3nc4ccccc4nc32)c(OC)c1. The van der Waals surface area contributed by atoms with Crippen LogP contribution in [0.25, 0.3) is 11.0 Å². The minimum absolute atomic E-state index is 0.0328. The molecule has 4 rings (SSSR count). The summed E-state index contributed by atoms with van der Waals surface area (Å²) in [6, 6.07) is 13.2. The Morgan fingerprint density at radius 1 is 1.00 bits per heavy atom. The van der Waals surface area contributed by atoms with Gasteiger partial charge in [-0.1, -0.05) is 18.2 Å². The zero-order valence-corrected chi connectivity index (χ0v) is 16.9. The van der Waals surface area contributed by atoms with E-state index in [1.807, 2.05) is 43.4 Å². The summed E-state index contributed by atoms with van der Waals surface area (Å²) in [7, 11) is 5.19. The van der Waals surface area contributed by atoms with Crippen molar-refractivity contribution in [1.82, 2.24) is 9.97 Å². The van der Waals surface area contributed by atoms with Crippen molar-refractivity contribution < 1.29 is 14.3 Å². The van der Waals surface area contributed by atoms with Crippen molar-refractivity contribution in [2.75, 3.05) is 44.2 Å². The first-order valence-electron chi connectivity index (χ1n) is 9.60. The number of aromatic nitrogens is 2. The van der Waals surface area contributed by atoms with Crippen LogP contribution in [0.15, 0.2) is 42.5 Å². The second kappa shape index (κ2) is 7.95. The van der Waals surface area contributed by atoms with Gasteiger partial charge in [-0.15, -0.1) is 0 Å². The number of carbonyl (C=O) groups is 1. The van der Waals surface area contributed by atoms with E-state index in [9.17, 15) is 4.79 Å². The van der Waals surface area contributed by atoms with Gasteiger partial charge in [0.25, 0.3) is 0 Å². The third-order valence-corrected chi connectivity index (χ3v) is 5.16. The van der Waals surface area contributed by atoms with Gasteiger partial charge in [0.2, 0.25) is 5.91 Å². The fraction of sp³-hybridized carbons (Fsp3) is 0.318. The molecule has 0 bridgehead atoms. The van der Waals surface area contributed by atoms with Crippen molar-refractivity contribution in [2.24, 2.45) is 0 Å². The summed E-state index contributed by atoms with van der Waals surface area (Å²) in [6.07, 6.45) is 1.06. The fourth-order valence-electron chi connectivity index (χ4n) is 3.60. The Bertz CT molecular complexity index is 1050. The van der Waals surface area contributed by atoms with Crippen molar-refractivity contribution in [3.05, 3.63) is 48.0 Å². The molecule has 150 valence electrons. The van der Waals surface area contributed by atoms with Gasteiger partial charge in [0.05, 0.1) is 31.7 Å². The monoisotopic (exact) mass is 392 g/mol. The Balaban J connectivity index is 1.71. The molecule has 0 radical (unpaired) electrons. The van der Waals surface area contributed by atoms with E-state index in [-0.39, 0.29) is 12.3 Å². The molecule has 7 nitrogen and oxygen atoms in total. The molecule has 0 N–H and O–H groups in total. The first-order chi connectivity index (χ1) is 14.1. The summed E-state index contributed by atoms with van der Waals surface area (Å²) in [6.45, 7) is 1.41. The van der Waals surface area contributed by atoms with Crippen molar-refractivity contribution in [2.45, 2.75) is 12.8 Å². The number of rotatable bonds is 4. The van der Waals surface area contributed by atoms with Crippen molar-refractivity contribution in [1.29, 1.82) is 0 Å². The van der Waals surface area contributed by atoms with Crippen molar-refractivity contribution in [3.8, 4) is 11.5 Å². The van der Waals surface area contributed by atoms with Crippen LogP contribution in [0.4, 0.5) is 11.6 Å². The lowest BCUT2D eigenvalue weighted by atomic mass is 10.1. The van der Waals surface area contributed by atoms with E-state index in [0.717, 1.165) is 35.4 Å². The zero-order chi connectivity index (χ0) is 20.4. The topological polar surface area (TPSA) is 67.8 Å². The Morgan fingerprint density at radius 3 is 2.41 bits per heavy atom. The van der Waals surface area contributed by atoms with E-state index < -0.39 is 0 Å². The van der Waals surface area contributed by atoms with Gasteiger partial charge in [-0.25, -0.2) is 9.97 Å². The summed E-state index contributed by atoms with van der Waals surface area (Å²) >= 11 is 0. The maximum Gasteiger partial charge on any atom is 0.232 e. The molecule has 2 aromatic carbocycles. The lowest BCUT2D eigenvalue weighted by Crippen LogP contribution is -2.33. The number of nitrogens with zero attached hydrogens (tertiary/aromatic N) is 4. The summed E-state index contributed by atoms with van der Waals surface area (Å²) < 4.78 is 10.7. The highest BCUT2D eigenvalue weighted by Gasteiger charge is 2.27. The van der Waals surface area contributed by atoms with Crippen molar-refractivity contribution in [3.63, 3.8) is 0 Å². The van der Waals surface area contributed by atoms with Crippen LogP contribution in [0, 0.1) is 0 Å². The smallest absolute Gasteiger partial charge is 0.232 e. The number of anilines is 2. The molecule has 1 aromatic heterocycles. The number of para-hydroxylation sites is 2. The molecule has 3 aromatic rings. The van der Waals surface area contributed by atoms with Crippen LogP contribution in [0.5, 0.6) is 11.5 Å². The molecule has 0 atom stereocenters. The molecule has 2 heterocycles. The predicted molar refractivity (Wildman–Crippen MR) is 113 cm³/mol. The maximum absolute atomic E-state index is 13.3. The van der Waals surface area contributed by atoms with Gasteiger partial charge < -0.3 is 14.4 Å². The Kier molecular flexibility index (Phi) is 5.20. The average Bonchev–Trinajstić information content (AvgIpc) is 2.91. The fourth-order valence-corrected chi connectivity index (χ4v) is 3.60. The summed E-state index contributed by atoms with van der Waals surface area (Å²) in [5.74, 6) is 2.64. The number of hydrogen-bond acceptors (Lipinski definition) is 6. The summed E-state index contributed by atoms with van der Waals surface area (Å²) in [5, 5.41) is 0. The Labute approximate surface area is 169 Å². The van der Waals surface area contributed by atoms with Crippen LogP contribution in [0.3, 0.4) is 0 Å². The highest BCUT2D eigenvalue weighted by molar-refractivity contribution is 5.98. The van der Waals surface area contributed by atoms with Crippen LogP contribution in [-0.4, -0.2) is 50.2 Å². The molecule has 0 aliphatic carbocycles. The van der Waals surface area contributed by atoms with E-state index in [4.69, 9.17) is 19.4 Å². The van der Waals surface area contributed by atoms with Crippen LogP contribution < -0.4 is 19.3 Å². The van der Waals surface area contributed by atoms with E-state index in [0.29, 0.717) is 23.9 Å². The van der Waals surface area contributed by atoms with Crippen LogP contribution in [0.2, 0.25) is 0 Å². The number of amides is 1. The van der Waals surface area contributed by atoms with Crippen LogP contribution >= 0.6 is 0 Å². The lowest BCUT2D eigenvalue weighted by Gasteiger charge is -2.23. The molecular weight excluding hydrogens is 368 g/mol. The molecular formula is C22H24N4O3. The van der Waals surface area contributed by atoms with Gasteiger partial charge in [0.15, 0.2) is 11.6 Å². The molecule has 0 saturated carbocycles. The molecule has 7 heteroatoms. The lowest BCUT2D eigenvalue weighted by molar-refractivity contribution is -0.118. The molecule has 0 spiro atoms. The average molecular weight is 392 g/mol. The molecule has 0 saturated heterocycles. The van der Waals surface area contributed by atoms with Gasteiger partial charge in [0, 0.05) is 31.8 Å². The van der Waals surface area contributed by atoms with E-state index in [1.165, 1.54) is 0 Å². The largest absolute Gasteiger partial charge is 0.497 e. The molecule has 29 heavy (non-hydrogen) atoms. The zero-order valence-electron chi connectivity index (χ0n) is 16.9. The third kappa shape index (κ3) is 3.68. The van der Waals surface area contributed by atoms with E-state index >= 15 is 0 Å². The van der Waals surface area contributed by atoms with Gasteiger partial charge in [-0.05, 0) is 24.6 Å². The molecule has 0 unspecified atom stereocenters. The number of fused-ring (bicyclic) bond motifs is 2. The second-order valence-electron chi connectivity index (χ2n) is 7.03. The Morgan fingerprint density at radius 2 is 1.72 bits per heavy atom. The number of carbonyl (C=O) groups excluding carboxylic acids is 1. The first kappa shape index (κ1) is 19.0. The second-order valence-corrected chi connectivity index (χ2v) is 7.03. The third-order valence-electron chi connectivity index (χ3n) is 5.16. The number of ether oxygens (including phenoxy) is 2. The standard InChI is InChI=1S/C22H24N4O3/c1-25-11-6-12-26(22-21(25)23-17-7-4-5-8-18(17)24-22)20(27)13-15-9-10-16(28-2)14-19(15)29-3/h4-5,7-10,14H,6,11-13H2,1-3H3. The van der Waals surface area contributed by atoms with Gasteiger partial charge in [0.1, 0.15) is 11.5 Å². The van der Waals surface area contributed by atoms with E-state index in [2.05, 4.69) is 4.90 Å². The van der Waals surface area contributed by atoms with Crippen molar-refractivity contribution >= 4 is 28.6 Å². The molecule has 0 fully saturated rings. The Hall–Kier alpha value is -3.35. The number of methoxy groups -OCH3 is 2. The van der Waals surface area contributed by atoms with Crippen LogP contribution in [0.1, 0.15) is 12.0 Å². The highest BCUT2D eigenvalue weighted by Crippen LogP contribution is 2.31. The minimum Gasteiger partial charge on any atom is -0.497 e. The van der Waals surface area contributed by atoms with Crippen LogP contribution in [-0.2, 0) is 11.2 Å². The van der Waals surface area contributed by atoms with Gasteiger partial charge in [-0.2, -0.15) is 0 Å². The normalized spacial score (nSPS) is 13.8. The van der Waals surface area contributed by atoms with Gasteiger partial charge in [-0.3, -0.25) is 9.69 Å². The van der Waals surface area contributed by atoms with E-state index in [1.54, 1.807) is 25.2 Å². The number of benzene rings is 2. The van der Waals surface area contributed by atoms with Gasteiger partial charge >= 0.3 is 0 Å².